The Morgan fingerprint density at radius 1 is 1.56 bits per heavy atom. The third-order valence-electron chi connectivity index (χ3n) is 3.04. The molecule has 0 aromatic carbocycles. The molecular formula is C13H21N3O2. The van der Waals surface area contributed by atoms with Gasteiger partial charge in [0.15, 0.2) is 0 Å². The summed E-state index contributed by atoms with van der Waals surface area (Å²) in [5.74, 6) is 0.341. The summed E-state index contributed by atoms with van der Waals surface area (Å²) >= 11 is 0. The van der Waals surface area contributed by atoms with Gasteiger partial charge in [-0.05, 0) is 39.7 Å². The minimum absolute atomic E-state index is 0.216. The van der Waals surface area contributed by atoms with Crippen molar-refractivity contribution in [3.63, 3.8) is 0 Å². The molecule has 1 fully saturated rings. The smallest absolute Gasteiger partial charge is 0.410 e. The van der Waals surface area contributed by atoms with Gasteiger partial charge in [0.1, 0.15) is 5.60 Å². The molecule has 1 aromatic rings. The summed E-state index contributed by atoms with van der Waals surface area (Å²) < 4.78 is 5.40. The quantitative estimate of drug-likeness (QED) is 0.834. The number of H-pyrrole nitrogens is 1. The number of hydrogen-bond acceptors (Lipinski definition) is 3. The van der Waals surface area contributed by atoms with Crippen LogP contribution in [0.3, 0.4) is 0 Å². The van der Waals surface area contributed by atoms with Crippen molar-refractivity contribution < 1.29 is 9.53 Å². The number of carbonyl (C=O) groups is 1. The maximum Gasteiger partial charge on any atom is 0.410 e. The number of piperidine rings is 1. The fourth-order valence-electron chi connectivity index (χ4n) is 2.22. The molecule has 2 heterocycles. The molecule has 100 valence electrons. The van der Waals surface area contributed by atoms with Crippen molar-refractivity contribution in [2.24, 2.45) is 0 Å². The van der Waals surface area contributed by atoms with Crippen LogP contribution in [-0.4, -0.2) is 39.9 Å². The van der Waals surface area contributed by atoms with Gasteiger partial charge in [0, 0.05) is 30.9 Å². The van der Waals surface area contributed by atoms with Crippen LogP contribution in [0.2, 0.25) is 0 Å². The van der Waals surface area contributed by atoms with Crippen LogP contribution in [0.4, 0.5) is 4.79 Å². The maximum atomic E-state index is 12.0. The number of likely N-dealkylation sites (tertiary alicyclic amines) is 1. The molecule has 0 bridgehead atoms. The Hall–Kier alpha value is -1.52. The molecule has 2 rings (SSSR count). The van der Waals surface area contributed by atoms with Crippen molar-refractivity contribution in [2.75, 3.05) is 13.1 Å². The molecule has 0 aliphatic carbocycles. The van der Waals surface area contributed by atoms with Gasteiger partial charge in [0.25, 0.3) is 0 Å². The van der Waals surface area contributed by atoms with Crippen molar-refractivity contribution in [3.8, 4) is 0 Å². The molecule has 1 atom stereocenters. The van der Waals surface area contributed by atoms with E-state index in [0.29, 0.717) is 12.5 Å². The number of ether oxygens (including phenoxy) is 1. The van der Waals surface area contributed by atoms with Crippen molar-refractivity contribution in [1.29, 1.82) is 0 Å². The first-order chi connectivity index (χ1) is 8.46. The summed E-state index contributed by atoms with van der Waals surface area (Å²) in [7, 11) is 0. The first-order valence-corrected chi connectivity index (χ1v) is 6.43. The van der Waals surface area contributed by atoms with Gasteiger partial charge in [0.05, 0.1) is 0 Å². The zero-order chi connectivity index (χ0) is 13.2. The Balaban J connectivity index is 1.96. The molecule has 1 N–H and O–H groups in total. The van der Waals surface area contributed by atoms with Gasteiger partial charge >= 0.3 is 6.09 Å². The Morgan fingerprint density at radius 2 is 2.33 bits per heavy atom. The van der Waals surface area contributed by atoms with E-state index < -0.39 is 5.60 Å². The fraction of sp³-hybridized carbons (Fsp3) is 0.692. The largest absolute Gasteiger partial charge is 0.444 e. The van der Waals surface area contributed by atoms with Crippen LogP contribution in [0, 0.1) is 0 Å². The summed E-state index contributed by atoms with van der Waals surface area (Å²) in [4.78, 5) is 13.8. The highest BCUT2D eigenvalue weighted by Gasteiger charge is 2.28. The van der Waals surface area contributed by atoms with E-state index in [0.717, 1.165) is 25.1 Å². The van der Waals surface area contributed by atoms with E-state index in [1.165, 1.54) is 0 Å². The lowest BCUT2D eigenvalue weighted by molar-refractivity contribution is 0.0197. The van der Waals surface area contributed by atoms with Gasteiger partial charge in [0.2, 0.25) is 0 Å². The lowest BCUT2D eigenvalue weighted by Crippen LogP contribution is -2.42. The summed E-state index contributed by atoms with van der Waals surface area (Å²) in [6, 6.07) is 1.98. The molecule has 0 unspecified atom stereocenters. The van der Waals surface area contributed by atoms with Gasteiger partial charge in [-0.15, -0.1) is 0 Å². The van der Waals surface area contributed by atoms with E-state index >= 15 is 0 Å². The monoisotopic (exact) mass is 251 g/mol. The molecule has 1 amide bonds. The molecule has 0 radical (unpaired) electrons. The SMILES string of the molecule is CC(C)(C)OC(=O)N1CCC[C@H](c2ccn[nH]2)C1. The topological polar surface area (TPSA) is 58.2 Å². The maximum absolute atomic E-state index is 12.0. The molecular weight excluding hydrogens is 230 g/mol. The van der Waals surface area contributed by atoms with Crippen LogP contribution in [0.5, 0.6) is 0 Å². The van der Waals surface area contributed by atoms with E-state index in [4.69, 9.17) is 4.74 Å². The first-order valence-electron chi connectivity index (χ1n) is 6.43. The number of aromatic nitrogens is 2. The van der Waals surface area contributed by atoms with Crippen LogP contribution >= 0.6 is 0 Å². The molecule has 1 aliphatic heterocycles. The van der Waals surface area contributed by atoms with Crippen molar-refractivity contribution in [1.82, 2.24) is 15.1 Å². The number of amides is 1. The van der Waals surface area contributed by atoms with Crippen LogP contribution in [0.15, 0.2) is 12.3 Å². The molecule has 0 saturated carbocycles. The molecule has 1 saturated heterocycles. The van der Waals surface area contributed by atoms with E-state index in [1.54, 1.807) is 11.1 Å². The van der Waals surface area contributed by atoms with Crippen molar-refractivity contribution in [3.05, 3.63) is 18.0 Å². The third kappa shape index (κ3) is 3.24. The van der Waals surface area contributed by atoms with Crippen molar-refractivity contribution in [2.45, 2.75) is 45.1 Å². The molecule has 0 spiro atoms. The van der Waals surface area contributed by atoms with E-state index in [1.807, 2.05) is 26.8 Å². The van der Waals surface area contributed by atoms with Gasteiger partial charge in [-0.3, -0.25) is 5.10 Å². The highest BCUT2D eigenvalue weighted by Crippen LogP contribution is 2.26. The summed E-state index contributed by atoms with van der Waals surface area (Å²) in [5.41, 5.74) is 0.668. The number of nitrogens with one attached hydrogen (secondary N) is 1. The first kappa shape index (κ1) is 12.9. The molecule has 1 aliphatic rings. The second-order valence-electron chi connectivity index (χ2n) is 5.78. The lowest BCUT2D eigenvalue weighted by Gasteiger charge is -2.33. The summed E-state index contributed by atoms with van der Waals surface area (Å²) in [6.07, 6.45) is 3.62. The average Bonchev–Trinajstić information content (AvgIpc) is 2.80. The van der Waals surface area contributed by atoms with Crippen LogP contribution in [0.25, 0.3) is 0 Å². The van der Waals surface area contributed by atoms with Crippen LogP contribution < -0.4 is 0 Å². The third-order valence-corrected chi connectivity index (χ3v) is 3.04. The Morgan fingerprint density at radius 3 is 2.94 bits per heavy atom. The van der Waals surface area contributed by atoms with Crippen LogP contribution in [-0.2, 0) is 4.74 Å². The number of aromatic amines is 1. The zero-order valence-electron chi connectivity index (χ0n) is 11.3. The van der Waals surface area contributed by atoms with E-state index in [2.05, 4.69) is 10.2 Å². The summed E-state index contributed by atoms with van der Waals surface area (Å²) in [6.45, 7) is 7.15. The predicted molar refractivity (Wildman–Crippen MR) is 68.4 cm³/mol. The average molecular weight is 251 g/mol. The van der Waals surface area contributed by atoms with Gasteiger partial charge in [-0.2, -0.15) is 5.10 Å². The minimum Gasteiger partial charge on any atom is -0.444 e. The number of carbonyl (C=O) groups excluding carboxylic acids is 1. The molecule has 18 heavy (non-hydrogen) atoms. The van der Waals surface area contributed by atoms with Gasteiger partial charge < -0.3 is 9.64 Å². The molecule has 5 nitrogen and oxygen atoms in total. The molecule has 1 aromatic heterocycles. The second-order valence-corrected chi connectivity index (χ2v) is 5.78. The fourth-order valence-corrected chi connectivity index (χ4v) is 2.22. The van der Waals surface area contributed by atoms with E-state index in [9.17, 15) is 4.79 Å². The highest BCUT2D eigenvalue weighted by atomic mass is 16.6. The minimum atomic E-state index is -0.433. The zero-order valence-corrected chi connectivity index (χ0v) is 11.3. The number of hydrogen-bond donors (Lipinski definition) is 1. The number of rotatable bonds is 1. The number of nitrogens with zero attached hydrogens (tertiary/aromatic N) is 2. The predicted octanol–water partition coefficient (Wildman–Crippen LogP) is 2.52. The van der Waals surface area contributed by atoms with Crippen LogP contribution in [0.1, 0.15) is 45.2 Å². The normalized spacial score (nSPS) is 20.8. The molecule has 5 heteroatoms. The lowest BCUT2D eigenvalue weighted by atomic mass is 9.95. The Labute approximate surface area is 108 Å². The standard InChI is InChI=1S/C13H21N3O2/c1-13(2,3)18-12(17)16-8-4-5-10(9-16)11-6-7-14-15-11/h6-7,10H,4-5,8-9H2,1-3H3,(H,14,15)/t10-/m0/s1. The highest BCUT2D eigenvalue weighted by molar-refractivity contribution is 5.68. The van der Waals surface area contributed by atoms with Gasteiger partial charge in [-0.1, -0.05) is 0 Å². The van der Waals surface area contributed by atoms with Gasteiger partial charge in [-0.25, -0.2) is 4.79 Å². The van der Waals surface area contributed by atoms with Crippen molar-refractivity contribution >= 4 is 6.09 Å². The Bertz CT molecular complexity index is 395. The second kappa shape index (κ2) is 5.00. The summed E-state index contributed by atoms with van der Waals surface area (Å²) in [5, 5.41) is 6.95. The Kier molecular flexibility index (Phi) is 3.59. The van der Waals surface area contributed by atoms with E-state index in [-0.39, 0.29) is 6.09 Å².